The van der Waals surface area contributed by atoms with E-state index >= 15 is 0 Å². The highest BCUT2D eigenvalue weighted by molar-refractivity contribution is 5.34. The van der Waals surface area contributed by atoms with Crippen LogP contribution in [0.15, 0.2) is 10.8 Å². The van der Waals surface area contributed by atoms with Gasteiger partial charge in [-0.1, -0.05) is 5.16 Å². The molecule has 2 saturated heterocycles. The van der Waals surface area contributed by atoms with E-state index in [2.05, 4.69) is 30.8 Å². The zero-order valence-corrected chi connectivity index (χ0v) is 12.7. The molecule has 3 aliphatic rings. The number of fused-ring (bicyclic) bond motifs is 5. The van der Waals surface area contributed by atoms with Crippen molar-refractivity contribution in [2.24, 2.45) is 0 Å². The van der Waals surface area contributed by atoms with Gasteiger partial charge in [-0.3, -0.25) is 4.90 Å². The molecule has 20 heavy (non-hydrogen) atoms. The summed E-state index contributed by atoms with van der Waals surface area (Å²) >= 11 is 0. The van der Waals surface area contributed by atoms with Gasteiger partial charge in [0.05, 0.1) is 17.9 Å². The fourth-order valence-electron chi connectivity index (χ4n) is 4.50. The molecule has 0 saturated carbocycles. The van der Waals surface area contributed by atoms with Crippen LogP contribution in [0.3, 0.4) is 0 Å². The minimum Gasteiger partial charge on any atom is -0.374 e. The van der Waals surface area contributed by atoms with E-state index in [1.54, 1.807) is 0 Å². The van der Waals surface area contributed by atoms with Crippen LogP contribution in [-0.2, 0) is 11.2 Å². The quantitative estimate of drug-likeness (QED) is 0.832. The Bertz CT molecular complexity index is 519. The SMILES string of the molecule is CC(C)(C)OCC12CCCN1C1Cc3conc3C1C2. The molecule has 0 amide bonds. The molecule has 0 spiro atoms. The molecule has 0 radical (unpaired) electrons. The number of rotatable bonds is 2. The lowest BCUT2D eigenvalue weighted by molar-refractivity contribution is -0.0566. The van der Waals surface area contributed by atoms with Gasteiger partial charge in [-0.25, -0.2) is 0 Å². The van der Waals surface area contributed by atoms with Crippen LogP contribution in [0.2, 0.25) is 0 Å². The second-order valence-corrected chi connectivity index (χ2v) is 7.73. The lowest BCUT2D eigenvalue weighted by Crippen LogP contribution is -2.47. The van der Waals surface area contributed by atoms with Crippen molar-refractivity contribution in [2.75, 3.05) is 13.2 Å². The van der Waals surface area contributed by atoms with Gasteiger partial charge in [0.2, 0.25) is 0 Å². The van der Waals surface area contributed by atoms with Gasteiger partial charge in [-0.15, -0.1) is 0 Å². The Labute approximate surface area is 120 Å². The second kappa shape index (κ2) is 4.08. The first-order valence-corrected chi connectivity index (χ1v) is 7.82. The van der Waals surface area contributed by atoms with Crippen LogP contribution in [0.1, 0.15) is 57.2 Å². The Kier molecular flexibility index (Phi) is 2.62. The zero-order chi connectivity index (χ0) is 14.0. The van der Waals surface area contributed by atoms with Crippen LogP contribution in [0, 0.1) is 0 Å². The van der Waals surface area contributed by atoms with Gasteiger partial charge in [0.25, 0.3) is 0 Å². The maximum Gasteiger partial charge on any atom is 0.127 e. The van der Waals surface area contributed by atoms with E-state index in [-0.39, 0.29) is 11.1 Å². The highest BCUT2D eigenvalue weighted by Crippen LogP contribution is 2.53. The van der Waals surface area contributed by atoms with Gasteiger partial charge >= 0.3 is 0 Å². The van der Waals surface area contributed by atoms with Crippen LogP contribution in [0.25, 0.3) is 0 Å². The molecule has 1 aliphatic carbocycles. The van der Waals surface area contributed by atoms with Crippen LogP contribution in [-0.4, -0.2) is 40.4 Å². The van der Waals surface area contributed by atoms with E-state index in [4.69, 9.17) is 9.26 Å². The molecule has 1 aromatic heterocycles. The van der Waals surface area contributed by atoms with Gasteiger partial charge in [0, 0.05) is 23.1 Å². The summed E-state index contributed by atoms with van der Waals surface area (Å²) in [5.74, 6) is 0.563. The summed E-state index contributed by atoms with van der Waals surface area (Å²) in [5.41, 5.74) is 2.75. The van der Waals surface area contributed by atoms with E-state index in [0.717, 1.165) is 13.0 Å². The highest BCUT2D eigenvalue weighted by atomic mass is 16.5. The van der Waals surface area contributed by atoms with E-state index < -0.39 is 0 Å². The maximum atomic E-state index is 6.17. The Morgan fingerprint density at radius 2 is 2.35 bits per heavy atom. The molecule has 0 aromatic carbocycles. The van der Waals surface area contributed by atoms with E-state index in [9.17, 15) is 0 Å². The van der Waals surface area contributed by atoms with Crippen molar-refractivity contribution in [2.45, 2.75) is 69.6 Å². The standard InChI is InChI=1S/C16H24N2O2/c1-15(2,3)19-10-16-5-4-6-18(16)13-7-11-9-20-17-14(11)12(13)8-16/h9,12-13H,4-8,10H2,1-3H3. The fourth-order valence-corrected chi connectivity index (χ4v) is 4.50. The number of ether oxygens (including phenoxy) is 1. The molecular formula is C16H24N2O2. The van der Waals surface area contributed by atoms with Gasteiger partial charge in [-0.2, -0.15) is 0 Å². The highest BCUT2D eigenvalue weighted by Gasteiger charge is 2.57. The smallest absolute Gasteiger partial charge is 0.127 e. The summed E-state index contributed by atoms with van der Waals surface area (Å²) in [6.07, 6.45) is 6.72. The van der Waals surface area contributed by atoms with Crippen molar-refractivity contribution in [3.05, 3.63) is 17.5 Å². The van der Waals surface area contributed by atoms with E-state index in [0.29, 0.717) is 12.0 Å². The van der Waals surface area contributed by atoms with Crippen molar-refractivity contribution in [1.82, 2.24) is 10.1 Å². The van der Waals surface area contributed by atoms with Crippen LogP contribution in [0.5, 0.6) is 0 Å². The topological polar surface area (TPSA) is 38.5 Å². The molecule has 2 aliphatic heterocycles. The first-order valence-electron chi connectivity index (χ1n) is 7.82. The second-order valence-electron chi connectivity index (χ2n) is 7.73. The van der Waals surface area contributed by atoms with Gasteiger partial charge in [0.1, 0.15) is 6.26 Å². The first-order chi connectivity index (χ1) is 9.49. The largest absolute Gasteiger partial charge is 0.374 e. The fraction of sp³-hybridized carbons (Fsp3) is 0.812. The number of hydrogen-bond donors (Lipinski definition) is 0. The van der Waals surface area contributed by atoms with Gasteiger partial charge in [0.15, 0.2) is 0 Å². The Hall–Kier alpha value is -0.870. The molecule has 2 fully saturated rings. The third-order valence-electron chi connectivity index (χ3n) is 5.34. The van der Waals surface area contributed by atoms with E-state index in [1.165, 1.54) is 37.1 Å². The zero-order valence-electron chi connectivity index (χ0n) is 12.7. The molecule has 0 N–H and O–H groups in total. The molecule has 0 bridgehead atoms. The summed E-state index contributed by atoms with van der Waals surface area (Å²) in [4.78, 5) is 2.73. The average molecular weight is 276 g/mol. The average Bonchev–Trinajstić information content (AvgIpc) is 3.03. The van der Waals surface area contributed by atoms with Crippen molar-refractivity contribution >= 4 is 0 Å². The maximum absolute atomic E-state index is 6.17. The van der Waals surface area contributed by atoms with Crippen molar-refractivity contribution in [3.63, 3.8) is 0 Å². The Balaban J connectivity index is 1.59. The molecule has 4 rings (SSSR count). The number of nitrogens with zero attached hydrogens (tertiary/aromatic N) is 2. The summed E-state index contributed by atoms with van der Waals surface area (Å²) in [6.45, 7) is 8.52. The minimum atomic E-state index is -0.0558. The van der Waals surface area contributed by atoms with Crippen LogP contribution < -0.4 is 0 Å². The Morgan fingerprint density at radius 3 is 3.15 bits per heavy atom. The van der Waals surface area contributed by atoms with Crippen molar-refractivity contribution < 1.29 is 9.26 Å². The monoisotopic (exact) mass is 276 g/mol. The van der Waals surface area contributed by atoms with Crippen LogP contribution in [0.4, 0.5) is 0 Å². The molecule has 3 heterocycles. The van der Waals surface area contributed by atoms with Crippen molar-refractivity contribution in [3.8, 4) is 0 Å². The predicted molar refractivity (Wildman–Crippen MR) is 75.7 cm³/mol. The molecule has 3 unspecified atom stereocenters. The molecule has 4 nitrogen and oxygen atoms in total. The van der Waals surface area contributed by atoms with Crippen LogP contribution >= 0.6 is 0 Å². The Morgan fingerprint density at radius 1 is 1.50 bits per heavy atom. The number of hydrogen-bond acceptors (Lipinski definition) is 4. The third kappa shape index (κ3) is 1.77. The molecule has 1 aromatic rings. The normalized spacial score (nSPS) is 36.1. The summed E-state index contributed by atoms with van der Waals surface area (Å²) in [6, 6.07) is 0.634. The summed E-state index contributed by atoms with van der Waals surface area (Å²) in [5, 5.41) is 4.26. The van der Waals surface area contributed by atoms with Crippen molar-refractivity contribution in [1.29, 1.82) is 0 Å². The predicted octanol–water partition coefficient (Wildman–Crippen LogP) is 2.74. The minimum absolute atomic E-state index is 0.0558. The number of aromatic nitrogens is 1. The molecule has 110 valence electrons. The third-order valence-corrected chi connectivity index (χ3v) is 5.34. The molecular weight excluding hydrogens is 252 g/mol. The molecule has 3 atom stereocenters. The summed E-state index contributed by atoms with van der Waals surface area (Å²) in [7, 11) is 0. The van der Waals surface area contributed by atoms with E-state index in [1.807, 2.05) is 6.26 Å². The van der Waals surface area contributed by atoms with Gasteiger partial charge in [-0.05, 0) is 53.0 Å². The lowest BCUT2D eigenvalue weighted by Gasteiger charge is -2.36. The lowest BCUT2D eigenvalue weighted by atomic mass is 9.89. The summed E-state index contributed by atoms with van der Waals surface area (Å²) < 4.78 is 11.3. The first kappa shape index (κ1) is 12.8. The molecule has 4 heteroatoms. The van der Waals surface area contributed by atoms with Gasteiger partial charge < -0.3 is 9.26 Å².